The maximum atomic E-state index is 13.8. The summed E-state index contributed by atoms with van der Waals surface area (Å²) in [7, 11) is -4.06. The Bertz CT molecular complexity index is 1420. The number of hydrogen-bond acceptors (Lipinski definition) is 3. The fourth-order valence-electron chi connectivity index (χ4n) is 4.04. The summed E-state index contributed by atoms with van der Waals surface area (Å²) in [4.78, 5) is 15.6. The minimum absolute atomic E-state index is 0.0942. The van der Waals surface area contributed by atoms with Gasteiger partial charge in [-0.25, -0.2) is 8.42 Å². The number of halogens is 2. The zero-order chi connectivity index (χ0) is 27.1. The van der Waals surface area contributed by atoms with Gasteiger partial charge in [0.15, 0.2) is 0 Å². The maximum Gasteiger partial charge on any atom is 0.243 e. The minimum atomic E-state index is -4.06. The Morgan fingerprint density at radius 1 is 0.684 bits per heavy atom. The topological polar surface area (TPSA) is 57.7 Å². The second kappa shape index (κ2) is 12.6. The molecule has 0 N–H and O–H groups in total. The predicted molar refractivity (Wildman–Crippen MR) is 152 cm³/mol. The van der Waals surface area contributed by atoms with Crippen LogP contribution < -0.4 is 0 Å². The Morgan fingerprint density at radius 2 is 1.18 bits per heavy atom. The highest BCUT2D eigenvalue weighted by molar-refractivity contribution is 7.89. The van der Waals surface area contributed by atoms with Crippen molar-refractivity contribution in [2.75, 3.05) is 6.54 Å². The number of nitrogens with zero attached hydrogens (tertiary/aromatic N) is 2. The van der Waals surface area contributed by atoms with Gasteiger partial charge in [-0.2, -0.15) is 4.31 Å². The Kier molecular flexibility index (Phi) is 9.23. The number of rotatable bonds is 10. The summed E-state index contributed by atoms with van der Waals surface area (Å²) >= 11 is 12.8. The number of carbonyl (C=O) groups excluding carboxylic acids is 1. The third kappa shape index (κ3) is 7.03. The van der Waals surface area contributed by atoms with Crippen LogP contribution in [0.2, 0.25) is 10.0 Å². The lowest BCUT2D eigenvalue weighted by molar-refractivity contribution is -0.132. The second-order valence-corrected chi connectivity index (χ2v) is 11.8. The van der Waals surface area contributed by atoms with Gasteiger partial charge >= 0.3 is 0 Å². The Morgan fingerprint density at radius 3 is 1.68 bits per heavy atom. The largest absolute Gasteiger partial charge is 0.333 e. The van der Waals surface area contributed by atoms with E-state index in [-0.39, 0.29) is 23.9 Å². The Labute approximate surface area is 234 Å². The van der Waals surface area contributed by atoms with Crippen LogP contribution in [-0.4, -0.2) is 30.1 Å². The fourth-order valence-corrected chi connectivity index (χ4v) is 5.91. The van der Waals surface area contributed by atoms with Gasteiger partial charge in [-0.15, -0.1) is 0 Å². The molecule has 0 radical (unpaired) electrons. The normalized spacial score (nSPS) is 11.5. The summed E-state index contributed by atoms with van der Waals surface area (Å²) in [6.07, 6.45) is 0. The lowest BCUT2D eigenvalue weighted by Gasteiger charge is -2.28. The van der Waals surface area contributed by atoms with Gasteiger partial charge in [0.1, 0.15) is 0 Å². The highest BCUT2D eigenvalue weighted by Crippen LogP contribution is 2.28. The van der Waals surface area contributed by atoms with Crippen LogP contribution in [0.1, 0.15) is 22.3 Å². The van der Waals surface area contributed by atoms with E-state index in [1.165, 1.54) is 0 Å². The van der Waals surface area contributed by atoms with Gasteiger partial charge in [-0.1, -0.05) is 108 Å². The third-order valence-electron chi connectivity index (χ3n) is 6.15. The van der Waals surface area contributed by atoms with Gasteiger partial charge in [0.05, 0.1) is 11.4 Å². The van der Waals surface area contributed by atoms with Crippen molar-refractivity contribution in [1.29, 1.82) is 0 Å². The summed E-state index contributed by atoms with van der Waals surface area (Å²) < 4.78 is 28.8. The third-order valence-corrected chi connectivity index (χ3v) is 8.67. The molecule has 0 aliphatic carbocycles. The van der Waals surface area contributed by atoms with Crippen LogP contribution in [0.3, 0.4) is 0 Å². The molecule has 0 fully saturated rings. The molecule has 0 aliphatic heterocycles. The van der Waals surface area contributed by atoms with Crippen molar-refractivity contribution in [3.8, 4) is 0 Å². The molecule has 0 heterocycles. The first-order valence-electron chi connectivity index (χ1n) is 12.1. The molecule has 196 valence electrons. The zero-order valence-electron chi connectivity index (χ0n) is 20.9. The summed E-state index contributed by atoms with van der Waals surface area (Å²) in [5, 5.41) is 0.666. The summed E-state index contributed by atoms with van der Waals surface area (Å²) in [6, 6.07) is 30.8. The summed E-state index contributed by atoms with van der Waals surface area (Å²) in [5.74, 6) is -0.337. The van der Waals surface area contributed by atoms with Crippen molar-refractivity contribution in [1.82, 2.24) is 9.21 Å². The van der Waals surface area contributed by atoms with E-state index in [4.69, 9.17) is 23.2 Å². The molecule has 4 aromatic rings. The van der Waals surface area contributed by atoms with Crippen LogP contribution in [0.25, 0.3) is 0 Å². The van der Waals surface area contributed by atoms with Crippen LogP contribution >= 0.6 is 23.2 Å². The van der Waals surface area contributed by atoms with E-state index in [0.29, 0.717) is 28.7 Å². The lowest BCUT2D eigenvalue weighted by Crippen LogP contribution is -2.42. The van der Waals surface area contributed by atoms with Gasteiger partial charge in [0.2, 0.25) is 15.9 Å². The quantitative estimate of drug-likeness (QED) is 0.214. The van der Waals surface area contributed by atoms with Crippen molar-refractivity contribution in [3.63, 3.8) is 0 Å². The molecule has 0 atom stereocenters. The van der Waals surface area contributed by atoms with Crippen molar-refractivity contribution in [2.45, 2.75) is 31.5 Å². The molecular weight excluding hydrogens is 539 g/mol. The molecule has 0 aromatic heterocycles. The van der Waals surface area contributed by atoms with Gasteiger partial charge in [0, 0.05) is 35.2 Å². The minimum Gasteiger partial charge on any atom is -0.333 e. The van der Waals surface area contributed by atoms with Crippen molar-refractivity contribution >= 4 is 39.1 Å². The van der Waals surface area contributed by atoms with E-state index in [1.54, 1.807) is 47.4 Å². The molecule has 0 spiro atoms. The van der Waals surface area contributed by atoms with Crippen LogP contribution in [0.15, 0.2) is 108 Å². The second-order valence-electron chi connectivity index (χ2n) is 9.01. The van der Waals surface area contributed by atoms with Crippen LogP contribution in [-0.2, 0) is 34.5 Å². The molecule has 0 bridgehead atoms. The molecule has 4 rings (SSSR count). The van der Waals surface area contributed by atoms with E-state index in [1.807, 2.05) is 67.6 Å². The van der Waals surface area contributed by atoms with E-state index in [9.17, 15) is 13.2 Å². The highest BCUT2D eigenvalue weighted by Gasteiger charge is 2.30. The average molecular weight is 568 g/mol. The fraction of sp³-hybridized carbons (Fsp3) is 0.167. The van der Waals surface area contributed by atoms with Gasteiger partial charge in [-0.3, -0.25) is 4.79 Å². The number of amides is 1. The van der Waals surface area contributed by atoms with Crippen molar-refractivity contribution in [2.24, 2.45) is 0 Å². The monoisotopic (exact) mass is 566 g/mol. The highest BCUT2D eigenvalue weighted by atomic mass is 35.5. The number of benzene rings is 4. The molecule has 0 unspecified atom stereocenters. The van der Waals surface area contributed by atoms with Crippen LogP contribution in [0.4, 0.5) is 0 Å². The predicted octanol–water partition coefficient (Wildman–Crippen LogP) is 6.72. The smallest absolute Gasteiger partial charge is 0.243 e. The molecular formula is C30H28Cl2N2O3S. The van der Waals surface area contributed by atoms with Crippen LogP contribution in [0.5, 0.6) is 0 Å². The first-order chi connectivity index (χ1) is 18.2. The van der Waals surface area contributed by atoms with Gasteiger partial charge in [-0.05, 0) is 42.3 Å². The molecule has 5 nitrogen and oxygen atoms in total. The number of hydrogen-bond donors (Lipinski definition) is 0. The first-order valence-corrected chi connectivity index (χ1v) is 14.3. The van der Waals surface area contributed by atoms with E-state index >= 15 is 0 Å². The standard InChI is InChI=1S/C30H28Cl2N2O3S/c1-23-15-17-26(18-16-23)38(36,37)34(21-27-28(31)13-8-14-29(27)32)22-30(35)33(19-24-9-4-2-5-10-24)20-25-11-6-3-7-12-25/h2-18H,19-22H2,1H3. The Hall–Kier alpha value is -3.16. The van der Waals surface area contributed by atoms with Crippen molar-refractivity contribution in [3.05, 3.63) is 135 Å². The summed E-state index contributed by atoms with van der Waals surface area (Å²) in [5.41, 5.74) is 3.26. The molecule has 0 saturated heterocycles. The Balaban J connectivity index is 1.69. The number of carbonyl (C=O) groups is 1. The average Bonchev–Trinajstić information content (AvgIpc) is 2.91. The van der Waals surface area contributed by atoms with Crippen LogP contribution in [0, 0.1) is 6.92 Å². The molecule has 0 saturated carbocycles. The molecule has 0 aliphatic rings. The van der Waals surface area contributed by atoms with Gasteiger partial charge in [0.25, 0.3) is 0 Å². The number of sulfonamides is 1. The first kappa shape index (κ1) is 27.9. The molecule has 38 heavy (non-hydrogen) atoms. The molecule has 8 heteroatoms. The van der Waals surface area contributed by atoms with E-state index < -0.39 is 10.0 Å². The zero-order valence-corrected chi connectivity index (χ0v) is 23.3. The van der Waals surface area contributed by atoms with E-state index in [0.717, 1.165) is 21.0 Å². The van der Waals surface area contributed by atoms with E-state index in [2.05, 4.69) is 0 Å². The molecule has 1 amide bonds. The number of aryl methyl sites for hydroxylation is 1. The SMILES string of the molecule is Cc1ccc(S(=O)(=O)N(CC(=O)N(Cc2ccccc2)Cc2ccccc2)Cc2c(Cl)cccc2Cl)cc1. The molecule has 4 aromatic carbocycles. The lowest BCUT2D eigenvalue weighted by atomic mass is 10.1. The van der Waals surface area contributed by atoms with Crippen molar-refractivity contribution < 1.29 is 13.2 Å². The summed E-state index contributed by atoms with van der Waals surface area (Å²) in [6.45, 7) is 2.02. The maximum absolute atomic E-state index is 13.8. The van der Waals surface area contributed by atoms with Gasteiger partial charge < -0.3 is 4.90 Å².